The molecule has 0 unspecified atom stereocenters. The fourth-order valence-corrected chi connectivity index (χ4v) is 4.91. The summed E-state index contributed by atoms with van der Waals surface area (Å²) in [5, 5.41) is 8.97. The number of nitriles is 1. The van der Waals surface area contributed by atoms with E-state index >= 15 is 0 Å². The summed E-state index contributed by atoms with van der Waals surface area (Å²) in [6.07, 6.45) is 1.42. The van der Waals surface area contributed by atoms with Crippen LogP contribution in [0.25, 0.3) is 0 Å². The van der Waals surface area contributed by atoms with Crippen molar-refractivity contribution >= 4 is 21.8 Å². The first-order chi connectivity index (χ1) is 14.0. The monoisotopic (exact) mass is 409 g/mol. The van der Waals surface area contributed by atoms with Crippen molar-refractivity contribution in [2.75, 3.05) is 13.1 Å². The lowest BCUT2D eigenvalue weighted by Crippen LogP contribution is -2.42. The lowest BCUT2D eigenvalue weighted by molar-refractivity contribution is -0.151. The van der Waals surface area contributed by atoms with Crippen LogP contribution in [0, 0.1) is 17.2 Å². The zero-order valence-corrected chi connectivity index (χ0v) is 16.4. The molecule has 0 N–H and O–H groups in total. The standard InChI is InChI=1S/C21H19N3O4S/c22-12-15-5-3-6-16(11-15)14-28-21(25)17-7-4-10-24(13-17)20-18-8-1-2-9-19(18)29(26,27)23-20/h1-3,5-6,8-9,11,17H,4,7,10,13-14H2/t17-/m0/s1. The van der Waals surface area contributed by atoms with Crippen LogP contribution in [0.4, 0.5) is 0 Å². The summed E-state index contributed by atoms with van der Waals surface area (Å²) in [6, 6.07) is 15.7. The summed E-state index contributed by atoms with van der Waals surface area (Å²) in [5.41, 5.74) is 1.85. The first kappa shape index (κ1) is 19.2. The van der Waals surface area contributed by atoms with Crippen LogP contribution in [-0.4, -0.2) is 38.2 Å². The molecule has 0 spiro atoms. The molecule has 29 heavy (non-hydrogen) atoms. The Labute approximate surface area is 169 Å². The third-order valence-electron chi connectivity index (χ3n) is 5.10. The van der Waals surface area contributed by atoms with Gasteiger partial charge in [0, 0.05) is 18.7 Å². The molecular weight excluding hydrogens is 390 g/mol. The predicted molar refractivity (Wildman–Crippen MR) is 105 cm³/mol. The number of nitrogens with zero attached hydrogens (tertiary/aromatic N) is 3. The average Bonchev–Trinajstić information content (AvgIpc) is 3.03. The minimum Gasteiger partial charge on any atom is -0.461 e. The molecule has 2 heterocycles. The van der Waals surface area contributed by atoms with Crippen molar-refractivity contribution in [3.63, 3.8) is 0 Å². The maximum atomic E-state index is 12.6. The summed E-state index contributed by atoms with van der Waals surface area (Å²) < 4.78 is 34.0. The van der Waals surface area contributed by atoms with Crippen LogP contribution >= 0.6 is 0 Å². The summed E-state index contributed by atoms with van der Waals surface area (Å²) in [4.78, 5) is 14.6. The zero-order chi connectivity index (χ0) is 20.4. The van der Waals surface area contributed by atoms with Crippen LogP contribution in [0.1, 0.15) is 29.5 Å². The maximum Gasteiger partial charge on any atom is 0.311 e. The van der Waals surface area contributed by atoms with Crippen LogP contribution in [0.3, 0.4) is 0 Å². The van der Waals surface area contributed by atoms with Crippen molar-refractivity contribution in [1.29, 1.82) is 5.26 Å². The molecular formula is C21H19N3O4S. The second-order valence-electron chi connectivity index (χ2n) is 7.09. The fraction of sp³-hybridized carbons (Fsp3) is 0.286. The molecule has 0 amide bonds. The van der Waals surface area contributed by atoms with Gasteiger partial charge in [0.1, 0.15) is 11.5 Å². The molecule has 4 rings (SSSR count). The highest BCUT2D eigenvalue weighted by Crippen LogP contribution is 2.30. The predicted octanol–water partition coefficient (Wildman–Crippen LogP) is 2.46. The average molecular weight is 409 g/mol. The lowest BCUT2D eigenvalue weighted by Gasteiger charge is -2.32. The van der Waals surface area contributed by atoms with Gasteiger partial charge in [-0.1, -0.05) is 24.3 Å². The molecule has 2 aliphatic rings. The van der Waals surface area contributed by atoms with Gasteiger partial charge in [-0.15, -0.1) is 4.40 Å². The number of hydrogen-bond donors (Lipinski definition) is 0. The molecule has 2 aromatic rings. The Hall–Kier alpha value is -3.18. The highest BCUT2D eigenvalue weighted by molar-refractivity contribution is 7.90. The van der Waals surface area contributed by atoms with Crippen molar-refractivity contribution < 1.29 is 17.9 Å². The quantitative estimate of drug-likeness (QED) is 0.722. The largest absolute Gasteiger partial charge is 0.461 e. The minimum atomic E-state index is -3.69. The SMILES string of the molecule is N#Cc1cccc(COC(=O)[C@H]2CCCN(C3=NS(=O)(=O)c4ccccc43)C2)c1. The van der Waals surface area contributed by atoms with E-state index in [1.807, 2.05) is 4.90 Å². The fourth-order valence-electron chi connectivity index (χ4n) is 3.68. The van der Waals surface area contributed by atoms with Crippen molar-refractivity contribution in [3.05, 3.63) is 65.2 Å². The number of likely N-dealkylation sites (tertiary alicyclic amines) is 1. The van der Waals surface area contributed by atoms with E-state index in [0.717, 1.165) is 12.0 Å². The number of hydrogen-bond acceptors (Lipinski definition) is 6. The molecule has 2 aliphatic heterocycles. The number of amidine groups is 1. The van der Waals surface area contributed by atoms with Crippen molar-refractivity contribution in [3.8, 4) is 6.07 Å². The van der Waals surface area contributed by atoms with E-state index in [1.54, 1.807) is 48.5 Å². The Bertz CT molecular complexity index is 1130. The minimum absolute atomic E-state index is 0.100. The summed E-state index contributed by atoms with van der Waals surface area (Å²) >= 11 is 0. The van der Waals surface area contributed by atoms with Crippen LogP contribution in [0.5, 0.6) is 0 Å². The summed E-state index contributed by atoms with van der Waals surface area (Å²) in [5.74, 6) is -0.285. The van der Waals surface area contributed by atoms with Gasteiger partial charge in [-0.05, 0) is 42.7 Å². The molecule has 148 valence electrons. The van der Waals surface area contributed by atoms with Gasteiger partial charge in [0.15, 0.2) is 5.84 Å². The topological polar surface area (TPSA) is 99.8 Å². The highest BCUT2D eigenvalue weighted by atomic mass is 32.2. The number of rotatable bonds is 3. The first-order valence-corrected chi connectivity index (χ1v) is 10.8. The van der Waals surface area contributed by atoms with E-state index in [-0.39, 0.29) is 23.4 Å². The molecule has 0 bridgehead atoms. The van der Waals surface area contributed by atoms with E-state index in [9.17, 15) is 13.2 Å². The van der Waals surface area contributed by atoms with Gasteiger partial charge in [-0.2, -0.15) is 13.7 Å². The van der Waals surface area contributed by atoms with Gasteiger partial charge >= 0.3 is 5.97 Å². The van der Waals surface area contributed by atoms with Crippen LogP contribution in [-0.2, 0) is 26.2 Å². The number of benzene rings is 2. The molecule has 7 nitrogen and oxygen atoms in total. The zero-order valence-electron chi connectivity index (χ0n) is 15.6. The molecule has 0 radical (unpaired) electrons. The lowest BCUT2D eigenvalue weighted by atomic mass is 9.97. The van der Waals surface area contributed by atoms with Gasteiger partial charge in [0.05, 0.1) is 17.6 Å². The Morgan fingerprint density at radius 1 is 1.24 bits per heavy atom. The smallest absolute Gasteiger partial charge is 0.311 e. The van der Waals surface area contributed by atoms with E-state index in [0.29, 0.717) is 36.5 Å². The van der Waals surface area contributed by atoms with Gasteiger partial charge < -0.3 is 9.64 Å². The second kappa shape index (κ2) is 7.68. The number of piperidine rings is 1. The molecule has 1 saturated heterocycles. The molecule has 0 saturated carbocycles. The number of esters is 1. The summed E-state index contributed by atoms with van der Waals surface area (Å²) in [6.45, 7) is 1.10. The Kier molecular flexibility index (Phi) is 5.07. The molecule has 1 fully saturated rings. The van der Waals surface area contributed by atoms with Gasteiger partial charge in [0.2, 0.25) is 0 Å². The Morgan fingerprint density at radius 3 is 2.90 bits per heavy atom. The second-order valence-corrected chi connectivity index (χ2v) is 8.66. The third-order valence-corrected chi connectivity index (χ3v) is 6.43. The van der Waals surface area contributed by atoms with Gasteiger partial charge in [0.25, 0.3) is 10.0 Å². The van der Waals surface area contributed by atoms with Gasteiger partial charge in [-0.3, -0.25) is 4.79 Å². The Morgan fingerprint density at radius 2 is 2.07 bits per heavy atom. The molecule has 0 aliphatic carbocycles. The number of ether oxygens (including phenoxy) is 1. The van der Waals surface area contributed by atoms with Crippen molar-refractivity contribution in [2.24, 2.45) is 10.3 Å². The maximum absolute atomic E-state index is 12.6. The van der Waals surface area contributed by atoms with Crippen LogP contribution < -0.4 is 0 Å². The van der Waals surface area contributed by atoms with E-state index in [2.05, 4.69) is 10.5 Å². The third kappa shape index (κ3) is 3.87. The molecule has 1 atom stereocenters. The molecule has 8 heteroatoms. The number of carbonyl (C=O) groups is 1. The molecule has 2 aromatic carbocycles. The number of sulfonamides is 1. The Balaban J connectivity index is 1.45. The van der Waals surface area contributed by atoms with Gasteiger partial charge in [-0.25, -0.2) is 0 Å². The normalized spacial score (nSPS) is 19.8. The van der Waals surface area contributed by atoms with E-state index in [1.165, 1.54) is 0 Å². The summed E-state index contributed by atoms with van der Waals surface area (Å²) in [7, 11) is -3.69. The number of carbonyl (C=O) groups excluding carboxylic acids is 1. The van der Waals surface area contributed by atoms with E-state index < -0.39 is 10.0 Å². The van der Waals surface area contributed by atoms with Crippen LogP contribution in [0.15, 0.2) is 57.8 Å². The van der Waals surface area contributed by atoms with Crippen molar-refractivity contribution in [1.82, 2.24) is 4.90 Å². The highest BCUT2D eigenvalue weighted by Gasteiger charge is 2.35. The number of fused-ring (bicyclic) bond motifs is 1. The first-order valence-electron chi connectivity index (χ1n) is 9.33. The van der Waals surface area contributed by atoms with E-state index in [4.69, 9.17) is 10.00 Å². The van der Waals surface area contributed by atoms with Crippen molar-refractivity contribution in [2.45, 2.75) is 24.3 Å². The molecule has 0 aromatic heterocycles. The van der Waals surface area contributed by atoms with Crippen LogP contribution in [0.2, 0.25) is 0 Å².